The van der Waals surface area contributed by atoms with Gasteiger partial charge in [0.05, 0.1) is 0 Å². The van der Waals surface area contributed by atoms with Crippen LogP contribution in [0.25, 0.3) is 0 Å². The standard InChI is InChI=1S/C18H20FN/c1-13(10-14-4-2-7-17(19)11-14)20-18-9-8-15-5-3-6-16(15)12-18/h2,4,7-9,11-13,20H,3,5-6,10H2,1H3. The van der Waals surface area contributed by atoms with Crippen LogP contribution in [0.15, 0.2) is 42.5 Å². The van der Waals surface area contributed by atoms with Crippen LogP contribution in [0.4, 0.5) is 10.1 Å². The van der Waals surface area contributed by atoms with Crippen molar-refractivity contribution >= 4 is 5.69 Å². The maximum absolute atomic E-state index is 13.2. The number of nitrogens with one attached hydrogen (secondary N) is 1. The van der Waals surface area contributed by atoms with E-state index in [2.05, 4.69) is 30.4 Å². The Morgan fingerprint density at radius 2 is 1.95 bits per heavy atom. The molecule has 1 N–H and O–H groups in total. The van der Waals surface area contributed by atoms with Crippen LogP contribution >= 0.6 is 0 Å². The smallest absolute Gasteiger partial charge is 0.123 e. The molecule has 1 unspecified atom stereocenters. The first kappa shape index (κ1) is 13.2. The zero-order chi connectivity index (χ0) is 13.9. The van der Waals surface area contributed by atoms with Gasteiger partial charge in [-0.2, -0.15) is 0 Å². The van der Waals surface area contributed by atoms with Crippen molar-refractivity contribution in [3.63, 3.8) is 0 Å². The molecule has 0 heterocycles. The van der Waals surface area contributed by atoms with E-state index in [0.29, 0.717) is 0 Å². The molecule has 1 nitrogen and oxygen atoms in total. The Morgan fingerprint density at radius 1 is 1.10 bits per heavy atom. The molecule has 0 bridgehead atoms. The third kappa shape index (κ3) is 3.01. The zero-order valence-corrected chi connectivity index (χ0v) is 11.8. The highest BCUT2D eigenvalue weighted by Crippen LogP contribution is 2.25. The van der Waals surface area contributed by atoms with Crippen LogP contribution in [-0.2, 0) is 19.3 Å². The molecule has 0 radical (unpaired) electrons. The normalized spacial score (nSPS) is 14.9. The molecule has 1 atom stereocenters. The summed E-state index contributed by atoms with van der Waals surface area (Å²) in [6.07, 6.45) is 4.52. The predicted molar refractivity (Wildman–Crippen MR) is 81.7 cm³/mol. The average molecular weight is 269 g/mol. The van der Waals surface area contributed by atoms with Gasteiger partial charge in [0.15, 0.2) is 0 Å². The van der Waals surface area contributed by atoms with Gasteiger partial charge in [-0.15, -0.1) is 0 Å². The van der Waals surface area contributed by atoms with E-state index in [0.717, 1.165) is 12.0 Å². The lowest BCUT2D eigenvalue weighted by Crippen LogP contribution is -2.18. The van der Waals surface area contributed by atoms with Gasteiger partial charge in [0.2, 0.25) is 0 Å². The second kappa shape index (κ2) is 5.66. The van der Waals surface area contributed by atoms with Crippen molar-refractivity contribution in [2.45, 2.75) is 38.6 Å². The lowest BCUT2D eigenvalue weighted by atomic mass is 10.1. The molecule has 2 heteroatoms. The molecule has 3 rings (SSSR count). The molecule has 2 aromatic rings. The molecule has 0 aromatic heterocycles. The molecule has 0 spiro atoms. The first-order valence-electron chi connectivity index (χ1n) is 7.33. The minimum absolute atomic E-state index is 0.160. The maximum atomic E-state index is 13.2. The molecule has 0 aliphatic heterocycles. The number of rotatable bonds is 4. The third-order valence-corrected chi connectivity index (χ3v) is 3.94. The molecule has 20 heavy (non-hydrogen) atoms. The summed E-state index contributed by atoms with van der Waals surface area (Å²) in [7, 11) is 0. The Morgan fingerprint density at radius 3 is 2.80 bits per heavy atom. The number of hydrogen-bond acceptors (Lipinski definition) is 1. The number of halogens is 1. The summed E-state index contributed by atoms with van der Waals surface area (Å²) in [5.41, 5.74) is 5.18. The molecule has 2 aromatic carbocycles. The van der Waals surface area contributed by atoms with Crippen molar-refractivity contribution in [2.75, 3.05) is 5.32 Å². The number of hydrogen-bond donors (Lipinski definition) is 1. The van der Waals surface area contributed by atoms with Gasteiger partial charge in [-0.05, 0) is 73.6 Å². The van der Waals surface area contributed by atoms with Crippen molar-refractivity contribution in [3.05, 3.63) is 65.0 Å². The van der Waals surface area contributed by atoms with Crippen molar-refractivity contribution in [3.8, 4) is 0 Å². The molecule has 0 saturated heterocycles. The van der Waals surface area contributed by atoms with Gasteiger partial charge in [0.1, 0.15) is 5.82 Å². The first-order chi connectivity index (χ1) is 9.70. The number of benzene rings is 2. The van der Waals surface area contributed by atoms with E-state index < -0.39 is 0 Å². The lowest BCUT2D eigenvalue weighted by molar-refractivity contribution is 0.624. The number of aryl methyl sites for hydroxylation is 2. The Hall–Kier alpha value is -1.83. The van der Waals surface area contributed by atoms with E-state index >= 15 is 0 Å². The van der Waals surface area contributed by atoms with E-state index in [1.807, 2.05) is 6.07 Å². The first-order valence-corrected chi connectivity index (χ1v) is 7.33. The number of fused-ring (bicyclic) bond motifs is 1. The minimum atomic E-state index is -0.160. The predicted octanol–water partition coefficient (Wildman–Crippen LogP) is 4.36. The van der Waals surface area contributed by atoms with Crippen molar-refractivity contribution in [2.24, 2.45) is 0 Å². The van der Waals surface area contributed by atoms with Crippen molar-refractivity contribution in [1.82, 2.24) is 0 Å². The second-order valence-electron chi connectivity index (χ2n) is 5.72. The van der Waals surface area contributed by atoms with Gasteiger partial charge >= 0.3 is 0 Å². The summed E-state index contributed by atoms with van der Waals surface area (Å²) in [5.74, 6) is -0.160. The largest absolute Gasteiger partial charge is 0.382 e. The second-order valence-corrected chi connectivity index (χ2v) is 5.72. The van der Waals surface area contributed by atoms with Gasteiger partial charge in [-0.1, -0.05) is 18.2 Å². The van der Waals surface area contributed by atoms with Gasteiger partial charge in [-0.3, -0.25) is 0 Å². The third-order valence-electron chi connectivity index (χ3n) is 3.94. The van der Waals surface area contributed by atoms with E-state index in [4.69, 9.17) is 0 Å². The van der Waals surface area contributed by atoms with Crippen LogP contribution in [0.5, 0.6) is 0 Å². The van der Waals surface area contributed by atoms with Gasteiger partial charge in [0, 0.05) is 11.7 Å². The van der Waals surface area contributed by atoms with Gasteiger partial charge in [0.25, 0.3) is 0 Å². The highest BCUT2D eigenvalue weighted by atomic mass is 19.1. The van der Waals surface area contributed by atoms with Crippen LogP contribution in [0.3, 0.4) is 0 Å². The summed E-state index contributed by atoms with van der Waals surface area (Å²) in [5, 5.41) is 3.52. The van der Waals surface area contributed by atoms with Crippen LogP contribution in [0.2, 0.25) is 0 Å². The fourth-order valence-electron chi connectivity index (χ4n) is 3.01. The van der Waals surface area contributed by atoms with Gasteiger partial charge < -0.3 is 5.32 Å². The fraction of sp³-hybridized carbons (Fsp3) is 0.333. The Bertz CT molecular complexity index is 606. The highest BCUT2D eigenvalue weighted by molar-refractivity contribution is 5.50. The molecule has 104 valence electrons. The number of anilines is 1. The quantitative estimate of drug-likeness (QED) is 0.869. The minimum Gasteiger partial charge on any atom is -0.382 e. The van der Waals surface area contributed by atoms with Gasteiger partial charge in [-0.25, -0.2) is 4.39 Å². The van der Waals surface area contributed by atoms with Crippen LogP contribution in [-0.4, -0.2) is 6.04 Å². The summed E-state index contributed by atoms with van der Waals surface area (Å²) >= 11 is 0. The zero-order valence-electron chi connectivity index (χ0n) is 11.8. The van der Waals surface area contributed by atoms with Crippen molar-refractivity contribution < 1.29 is 4.39 Å². The van der Waals surface area contributed by atoms with Crippen LogP contribution < -0.4 is 5.32 Å². The summed E-state index contributed by atoms with van der Waals surface area (Å²) in [4.78, 5) is 0. The maximum Gasteiger partial charge on any atom is 0.123 e. The molecular formula is C18H20FN. The molecule has 0 fully saturated rings. The van der Waals surface area contributed by atoms with Crippen LogP contribution in [0.1, 0.15) is 30.0 Å². The SMILES string of the molecule is CC(Cc1cccc(F)c1)Nc1ccc2c(c1)CCC2. The Labute approximate surface area is 119 Å². The molecule has 1 aliphatic rings. The highest BCUT2D eigenvalue weighted by Gasteiger charge is 2.11. The Balaban J connectivity index is 1.65. The van der Waals surface area contributed by atoms with Crippen LogP contribution in [0, 0.1) is 5.82 Å². The Kier molecular flexibility index (Phi) is 3.72. The summed E-state index contributed by atoms with van der Waals surface area (Å²) in [6, 6.07) is 13.8. The molecular weight excluding hydrogens is 249 g/mol. The summed E-state index contributed by atoms with van der Waals surface area (Å²) < 4.78 is 13.2. The van der Waals surface area contributed by atoms with Crippen molar-refractivity contribution in [1.29, 1.82) is 0 Å². The topological polar surface area (TPSA) is 12.0 Å². The average Bonchev–Trinajstić information content (AvgIpc) is 2.86. The molecule has 0 amide bonds. The van der Waals surface area contributed by atoms with E-state index in [1.54, 1.807) is 12.1 Å². The monoisotopic (exact) mass is 269 g/mol. The van der Waals surface area contributed by atoms with E-state index in [9.17, 15) is 4.39 Å². The lowest BCUT2D eigenvalue weighted by Gasteiger charge is -2.16. The van der Waals surface area contributed by atoms with E-state index in [-0.39, 0.29) is 11.9 Å². The fourth-order valence-corrected chi connectivity index (χ4v) is 3.01. The summed E-state index contributed by atoms with van der Waals surface area (Å²) in [6.45, 7) is 2.14. The molecule has 1 aliphatic carbocycles. The van der Waals surface area contributed by atoms with E-state index in [1.165, 1.54) is 42.1 Å². The molecule has 0 saturated carbocycles.